The van der Waals surface area contributed by atoms with Crippen LogP contribution in [0.2, 0.25) is 5.02 Å². The lowest BCUT2D eigenvalue weighted by atomic mass is 10.1. The van der Waals surface area contributed by atoms with Crippen molar-refractivity contribution in [1.29, 1.82) is 0 Å². The van der Waals surface area contributed by atoms with Crippen LogP contribution in [-0.2, 0) is 0 Å². The van der Waals surface area contributed by atoms with Crippen molar-refractivity contribution in [3.63, 3.8) is 0 Å². The van der Waals surface area contributed by atoms with Gasteiger partial charge < -0.3 is 5.73 Å². The van der Waals surface area contributed by atoms with Crippen molar-refractivity contribution in [1.82, 2.24) is 4.98 Å². The van der Waals surface area contributed by atoms with E-state index in [2.05, 4.69) is 4.98 Å². The molecule has 2 N–H and O–H groups in total. The monoisotopic (exact) mass is 236 g/mol. The van der Waals surface area contributed by atoms with E-state index in [1.165, 1.54) is 6.07 Å². The summed E-state index contributed by atoms with van der Waals surface area (Å²) in [6.07, 6.45) is 1.64. The Labute approximate surface area is 97.9 Å². The molecule has 82 valence electrons. The molecule has 1 aromatic heterocycles. The maximum atomic E-state index is 13.0. The van der Waals surface area contributed by atoms with Crippen LogP contribution >= 0.6 is 11.6 Å². The molecule has 0 atom stereocenters. The fourth-order valence-electron chi connectivity index (χ4n) is 1.42. The van der Waals surface area contributed by atoms with Gasteiger partial charge in [0.05, 0.1) is 5.02 Å². The van der Waals surface area contributed by atoms with Crippen LogP contribution < -0.4 is 5.73 Å². The molecule has 0 aliphatic carbocycles. The maximum Gasteiger partial charge on any atom is 0.141 e. The van der Waals surface area contributed by atoms with E-state index in [0.717, 1.165) is 16.7 Å². The second kappa shape index (κ2) is 4.10. The Morgan fingerprint density at radius 2 is 2.00 bits per heavy atom. The highest BCUT2D eigenvalue weighted by Gasteiger charge is 2.04. The minimum absolute atomic E-state index is 0.104. The van der Waals surface area contributed by atoms with Gasteiger partial charge in [0, 0.05) is 11.8 Å². The first kappa shape index (κ1) is 10.9. The normalized spacial score (nSPS) is 10.4. The van der Waals surface area contributed by atoms with Gasteiger partial charge in [-0.1, -0.05) is 17.7 Å². The molecular formula is C12H10ClFN2. The standard InChI is InChI=1S/C12H10ClFN2/c1-7-4-9(6-16-12(7)15)8-2-3-11(14)10(13)5-8/h2-6H,1H3,(H2,15,16). The first-order valence-electron chi connectivity index (χ1n) is 4.75. The number of nitrogen functional groups attached to an aromatic ring is 1. The third kappa shape index (κ3) is 1.99. The Hall–Kier alpha value is -1.61. The van der Waals surface area contributed by atoms with Crippen LogP contribution in [0.1, 0.15) is 5.56 Å². The quantitative estimate of drug-likeness (QED) is 0.824. The van der Waals surface area contributed by atoms with Gasteiger partial charge >= 0.3 is 0 Å². The number of nitrogens with two attached hydrogens (primary N) is 1. The van der Waals surface area contributed by atoms with Gasteiger partial charge in [-0.05, 0) is 36.2 Å². The number of benzene rings is 1. The largest absolute Gasteiger partial charge is 0.383 e. The Balaban J connectivity index is 2.50. The zero-order valence-electron chi connectivity index (χ0n) is 8.67. The van der Waals surface area contributed by atoms with Gasteiger partial charge in [-0.2, -0.15) is 0 Å². The van der Waals surface area contributed by atoms with E-state index in [9.17, 15) is 4.39 Å². The van der Waals surface area contributed by atoms with Crippen LogP contribution in [0.3, 0.4) is 0 Å². The van der Waals surface area contributed by atoms with Gasteiger partial charge in [-0.25, -0.2) is 9.37 Å². The number of aryl methyl sites for hydroxylation is 1. The first-order valence-corrected chi connectivity index (χ1v) is 5.13. The molecule has 1 aromatic carbocycles. The fourth-order valence-corrected chi connectivity index (χ4v) is 1.60. The van der Waals surface area contributed by atoms with Crippen molar-refractivity contribution < 1.29 is 4.39 Å². The molecule has 4 heteroatoms. The predicted octanol–water partition coefficient (Wildman–Crippen LogP) is 3.43. The molecule has 16 heavy (non-hydrogen) atoms. The SMILES string of the molecule is Cc1cc(-c2ccc(F)c(Cl)c2)cnc1N. The number of hydrogen-bond donors (Lipinski definition) is 1. The second-order valence-corrected chi connectivity index (χ2v) is 3.96. The summed E-state index contributed by atoms with van der Waals surface area (Å²) in [5.74, 6) is 0.0718. The summed E-state index contributed by atoms with van der Waals surface area (Å²) >= 11 is 5.71. The molecule has 0 amide bonds. The van der Waals surface area contributed by atoms with E-state index in [4.69, 9.17) is 17.3 Å². The molecule has 2 nitrogen and oxygen atoms in total. The molecule has 0 saturated heterocycles. The summed E-state index contributed by atoms with van der Waals surface area (Å²) in [5.41, 5.74) is 8.20. The van der Waals surface area contributed by atoms with E-state index in [1.54, 1.807) is 18.3 Å². The number of pyridine rings is 1. The van der Waals surface area contributed by atoms with Gasteiger partial charge in [-0.3, -0.25) is 0 Å². The Morgan fingerprint density at radius 3 is 2.62 bits per heavy atom. The minimum Gasteiger partial charge on any atom is -0.383 e. The molecule has 0 spiro atoms. The number of halogens is 2. The zero-order chi connectivity index (χ0) is 11.7. The smallest absolute Gasteiger partial charge is 0.141 e. The zero-order valence-corrected chi connectivity index (χ0v) is 9.42. The molecule has 0 unspecified atom stereocenters. The van der Waals surface area contributed by atoms with Crippen LogP contribution in [0.25, 0.3) is 11.1 Å². The van der Waals surface area contributed by atoms with Gasteiger partial charge in [-0.15, -0.1) is 0 Å². The number of anilines is 1. The highest BCUT2D eigenvalue weighted by molar-refractivity contribution is 6.31. The molecule has 0 bridgehead atoms. The Kier molecular flexibility index (Phi) is 2.79. The third-order valence-corrected chi connectivity index (χ3v) is 2.66. The van der Waals surface area contributed by atoms with Gasteiger partial charge in [0.2, 0.25) is 0 Å². The fraction of sp³-hybridized carbons (Fsp3) is 0.0833. The molecule has 1 heterocycles. The lowest BCUT2D eigenvalue weighted by molar-refractivity contribution is 0.628. The number of rotatable bonds is 1. The minimum atomic E-state index is -0.425. The summed E-state index contributed by atoms with van der Waals surface area (Å²) in [7, 11) is 0. The van der Waals surface area contributed by atoms with Crippen molar-refractivity contribution >= 4 is 17.4 Å². The number of nitrogens with zero attached hydrogens (tertiary/aromatic N) is 1. The summed E-state index contributed by atoms with van der Waals surface area (Å²) in [6, 6.07) is 6.46. The summed E-state index contributed by atoms with van der Waals surface area (Å²) in [6.45, 7) is 1.87. The Bertz CT molecular complexity index is 491. The number of aromatic nitrogens is 1. The van der Waals surface area contributed by atoms with E-state index in [-0.39, 0.29) is 5.02 Å². The molecule has 0 fully saturated rings. The van der Waals surface area contributed by atoms with Gasteiger partial charge in [0.1, 0.15) is 11.6 Å². The molecule has 0 saturated carbocycles. The maximum absolute atomic E-state index is 13.0. The summed E-state index contributed by atoms with van der Waals surface area (Å²) in [5, 5.41) is 0.104. The lowest BCUT2D eigenvalue weighted by Gasteiger charge is -2.05. The molecule has 2 rings (SSSR count). The van der Waals surface area contributed by atoms with E-state index < -0.39 is 5.82 Å². The van der Waals surface area contributed by atoms with Crippen LogP contribution in [0.5, 0.6) is 0 Å². The topological polar surface area (TPSA) is 38.9 Å². The van der Waals surface area contributed by atoms with Crippen LogP contribution in [0.15, 0.2) is 30.5 Å². The van der Waals surface area contributed by atoms with E-state index in [1.807, 2.05) is 13.0 Å². The lowest BCUT2D eigenvalue weighted by Crippen LogP contribution is -1.94. The predicted molar refractivity (Wildman–Crippen MR) is 63.8 cm³/mol. The van der Waals surface area contributed by atoms with Crippen molar-refractivity contribution in [3.8, 4) is 11.1 Å². The third-order valence-electron chi connectivity index (χ3n) is 2.37. The molecular weight excluding hydrogens is 227 g/mol. The van der Waals surface area contributed by atoms with Crippen LogP contribution in [0, 0.1) is 12.7 Å². The average molecular weight is 237 g/mol. The first-order chi connectivity index (χ1) is 7.58. The molecule has 2 aromatic rings. The molecule has 0 aliphatic rings. The van der Waals surface area contributed by atoms with Gasteiger partial charge in [0.15, 0.2) is 0 Å². The Morgan fingerprint density at radius 1 is 1.25 bits per heavy atom. The van der Waals surface area contributed by atoms with Crippen LogP contribution in [-0.4, -0.2) is 4.98 Å². The highest BCUT2D eigenvalue weighted by atomic mass is 35.5. The summed E-state index contributed by atoms with van der Waals surface area (Å²) < 4.78 is 13.0. The second-order valence-electron chi connectivity index (χ2n) is 3.56. The summed E-state index contributed by atoms with van der Waals surface area (Å²) in [4.78, 5) is 4.05. The van der Waals surface area contributed by atoms with E-state index >= 15 is 0 Å². The van der Waals surface area contributed by atoms with Crippen LogP contribution in [0.4, 0.5) is 10.2 Å². The van der Waals surface area contributed by atoms with Crippen molar-refractivity contribution in [3.05, 3.63) is 46.9 Å². The van der Waals surface area contributed by atoms with Crippen molar-refractivity contribution in [2.75, 3.05) is 5.73 Å². The van der Waals surface area contributed by atoms with Crippen molar-refractivity contribution in [2.45, 2.75) is 6.92 Å². The molecule has 0 aliphatic heterocycles. The van der Waals surface area contributed by atoms with Crippen molar-refractivity contribution in [2.24, 2.45) is 0 Å². The average Bonchev–Trinajstić information content (AvgIpc) is 2.26. The van der Waals surface area contributed by atoms with E-state index in [0.29, 0.717) is 5.82 Å². The highest BCUT2D eigenvalue weighted by Crippen LogP contribution is 2.25. The van der Waals surface area contributed by atoms with Gasteiger partial charge in [0.25, 0.3) is 0 Å². The number of hydrogen-bond acceptors (Lipinski definition) is 2. The molecule has 0 radical (unpaired) electrons.